The number of hydrogen-bond donors (Lipinski definition) is 1. The minimum Gasteiger partial charge on any atom is -0.394 e. The van der Waals surface area contributed by atoms with Gasteiger partial charge >= 0.3 is 0 Å². The molecule has 2 atom stereocenters. The van der Waals surface area contributed by atoms with E-state index in [2.05, 4.69) is 6.92 Å². The van der Waals surface area contributed by atoms with Gasteiger partial charge < -0.3 is 14.9 Å². The Labute approximate surface area is 127 Å². The Morgan fingerprint density at radius 1 is 1.14 bits per heavy atom. The molecule has 5 nitrogen and oxygen atoms in total. The summed E-state index contributed by atoms with van der Waals surface area (Å²) in [7, 11) is 0. The molecule has 120 valence electrons. The van der Waals surface area contributed by atoms with Gasteiger partial charge in [0.1, 0.15) is 0 Å². The quantitative estimate of drug-likeness (QED) is 0.848. The number of nitrogens with zero attached hydrogens (tertiary/aromatic N) is 2. The third-order valence-electron chi connectivity index (χ3n) is 5.00. The lowest BCUT2D eigenvalue weighted by Gasteiger charge is -2.35. The average Bonchev–Trinajstić information content (AvgIpc) is 2.86. The van der Waals surface area contributed by atoms with Crippen LogP contribution in [0.1, 0.15) is 40.0 Å². The van der Waals surface area contributed by atoms with Crippen LogP contribution >= 0.6 is 0 Å². The topological polar surface area (TPSA) is 60.9 Å². The minimum atomic E-state index is -0.0205. The summed E-state index contributed by atoms with van der Waals surface area (Å²) in [6.07, 6.45) is 2.47. The van der Waals surface area contributed by atoms with E-state index in [0.717, 1.165) is 25.8 Å². The molecule has 2 aliphatic rings. The predicted molar refractivity (Wildman–Crippen MR) is 80.5 cm³/mol. The number of hydrogen-bond acceptors (Lipinski definition) is 3. The van der Waals surface area contributed by atoms with Crippen LogP contribution in [0.4, 0.5) is 0 Å². The van der Waals surface area contributed by atoms with Gasteiger partial charge in [-0.05, 0) is 25.2 Å². The van der Waals surface area contributed by atoms with E-state index >= 15 is 0 Å². The van der Waals surface area contributed by atoms with Crippen molar-refractivity contribution in [2.75, 3.05) is 26.2 Å². The zero-order chi connectivity index (χ0) is 15.6. The zero-order valence-corrected chi connectivity index (χ0v) is 13.4. The smallest absolute Gasteiger partial charge is 0.226 e. The maximum absolute atomic E-state index is 12.6. The lowest BCUT2D eigenvalue weighted by molar-refractivity contribution is -0.143. The molecule has 0 radical (unpaired) electrons. The van der Waals surface area contributed by atoms with E-state index in [9.17, 15) is 14.7 Å². The molecule has 0 spiro atoms. The van der Waals surface area contributed by atoms with Crippen LogP contribution in [-0.4, -0.2) is 59.0 Å². The number of piperidine rings is 1. The van der Waals surface area contributed by atoms with E-state index in [0.29, 0.717) is 19.0 Å². The van der Waals surface area contributed by atoms with Gasteiger partial charge in [-0.15, -0.1) is 0 Å². The van der Waals surface area contributed by atoms with Crippen LogP contribution in [0.5, 0.6) is 0 Å². The van der Waals surface area contributed by atoms with Crippen molar-refractivity contribution < 1.29 is 14.7 Å². The molecule has 0 aromatic heterocycles. The first-order valence-corrected chi connectivity index (χ1v) is 8.15. The highest BCUT2D eigenvalue weighted by Gasteiger charge is 2.38. The molecule has 2 saturated heterocycles. The zero-order valence-electron chi connectivity index (χ0n) is 13.4. The monoisotopic (exact) mass is 296 g/mol. The second-order valence-electron chi connectivity index (χ2n) is 6.80. The first-order chi connectivity index (χ1) is 9.95. The summed E-state index contributed by atoms with van der Waals surface area (Å²) in [6, 6.07) is -0.0205. The molecule has 2 amide bonds. The maximum Gasteiger partial charge on any atom is 0.226 e. The van der Waals surface area contributed by atoms with Crippen LogP contribution in [0.25, 0.3) is 0 Å². The molecule has 2 unspecified atom stereocenters. The fraction of sp³-hybridized carbons (Fsp3) is 0.875. The summed E-state index contributed by atoms with van der Waals surface area (Å²) in [5.41, 5.74) is 0. The second-order valence-corrected chi connectivity index (χ2v) is 6.80. The van der Waals surface area contributed by atoms with Crippen molar-refractivity contribution in [1.82, 2.24) is 9.80 Å². The summed E-state index contributed by atoms with van der Waals surface area (Å²) >= 11 is 0. The van der Waals surface area contributed by atoms with Crippen LogP contribution in [0, 0.1) is 17.8 Å². The number of carbonyl (C=O) groups excluding carboxylic acids is 2. The third kappa shape index (κ3) is 3.39. The van der Waals surface area contributed by atoms with E-state index < -0.39 is 0 Å². The van der Waals surface area contributed by atoms with Gasteiger partial charge in [0.2, 0.25) is 11.8 Å². The van der Waals surface area contributed by atoms with Crippen LogP contribution in [0.2, 0.25) is 0 Å². The van der Waals surface area contributed by atoms with Gasteiger partial charge in [-0.2, -0.15) is 0 Å². The summed E-state index contributed by atoms with van der Waals surface area (Å²) in [5, 5.41) is 9.48. The third-order valence-corrected chi connectivity index (χ3v) is 5.00. The Balaban J connectivity index is 1.90. The van der Waals surface area contributed by atoms with Crippen molar-refractivity contribution in [3.8, 4) is 0 Å². The van der Waals surface area contributed by atoms with E-state index in [1.807, 2.05) is 23.6 Å². The highest BCUT2D eigenvalue weighted by atomic mass is 16.3. The Kier molecular flexibility index (Phi) is 5.25. The molecule has 0 aromatic rings. The fourth-order valence-corrected chi connectivity index (χ4v) is 3.51. The van der Waals surface area contributed by atoms with Gasteiger partial charge in [-0.1, -0.05) is 20.8 Å². The number of carbonyl (C=O) groups is 2. The van der Waals surface area contributed by atoms with E-state index in [4.69, 9.17) is 0 Å². The van der Waals surface area contributed by atoms with Crippen molar-refractivity contribution in [3.05, 3.63) is 0 Å². The summed E-state index contributed by atoms with van der Waals surface area (Å²) < 4.78 is 0. The molecular weight excluding hydrogens is 268 g/mol. The molecule has 0 aromatic carbocycles. The van der Waals surface area contributed by atoms with E-state index in [-0.39, 0.29) is 36.3 Å². The lowest BCUT2D eigenvalue weighted by atomic mass is 9.94. The van der Waals surface area contributed by atoms with Crippen molar-refractivity contribution in [1.29, 1.82) is 0 Å². The second kappa shape index (κ2) is 6.77. The number of amides is 2. The van der Waals surface area contributed by atoms with Crippen LogP contribution in [-0.2, 0) is 9.59 Å². The van der Waals surface area contributed by atoms with Crippen LogP contribution < -0.4 is 0 Å². The number of aliphatic hydroxyl groups excluding tert-OH is 1. The lowest BCUT2D eigenvalue weighted by Crippen LogP contribution is -2.47. The molecule has 2 fully saturated rings. The SMILES string of the molecule is CC(C)C(=O)N1CCC(C(=O)N2CCC(C)C2CO)CC1. The van der Waals surface area contributed by atoms with Crippen LogP contribution in [0.3, 0.4) is 0 Å². The number of rotatable bonds is 3. The predicted octanol–water partition coefficient (Wildman–Crippen LogP) is 1.11. The highest BCUT2D eigenvalue weighted by Crippen LogP contribution is 2.28. The summed E-state index contributed by atoms with van der Waals surface area (Å²) in [4.78, 5) is 28.4. The molecule has 1 N–H and O–H groups in total. The molecule has 2 heterocycles. The fourth-order valence-electron chi connectivity index (χ4n) is 3.51. The summed E-state index contributed by atoms with van der Waals surface area (Å²) in [5.74, 6) is 0.775. The van der Waals surface area contributed by atoms with E-state index in [1.54, 1.807) is 0 Å². The van der Waals surface area contributed by atoms with Crippen molar-refractivity contribution in [2.45, 2.75) is 46.1 Å². The van der Waals surface area contributed by atoms with Gasteiger partial charge in [0.15, 0.2) is 0 Å². The Bertz CT molecular complexity index is 389. The highest BCUT2D eigenvalue weighted by molar-refractivity contribution is 5.81. The first kappa shape index (κ1) is 16.3. The maximum atomic E-state index is 12.6. The van der Waals surface area contributed by atoms with Crippen molar-refractivity contribution in [3.63, 3.8) is 0 Å². The standard InChI is InChI=1S/C16H28N2O3/c1-11(2)15(20)17-7-5-13(6-8-17)16(21)18-9-4-12(3)14(18)10-19/h11-14,19H,4-10H2,1-3H3. The van der Waals surface area contributed by atoms with Gasteiger partial charge in [0, 0.05) is 31.5 Å². The van der Waals surface area contributed by atoms with Crippen LogP contribution in [0.15, 0.2) is 0 Å². The average molecular weight is 296 g/mol. The molecular formula is C16H28N2O3. The Hall–Kier alpha value is -1.10. The summed E-state index contributed by atoms with van der Waals surface area (Å²) in [6.45, 7) is 8.10. The van der Waals surface area contributed by atoms with Gasteiger partial charge in [-0.3, -0.25) is 9.59 Å². The number of aliphatic hydroxyl groups is 1. The van der Waals surface area contributed by atoms with E-state index in [1.165, 1.54) is 0 Å². The number of likely N-dealkylation sites (tertiary alicyclic amines) is 2. The molecule has 2 rings (SSSR count). The molecule has 0 aliphatic carbocycles. The molecule has 21 heavy (non-hydrogen) atoms. The molecule has 0 bridgehead atoms. The molecule has 0 saturated carbocycles. The van der Waals surface area contributed by atoms with Gasteiger partial charge in [-0.25, -0.2) is 0 Å². The molecule has 2 aliphatic heterocycles. The normalized spacial score (nSPS) is 27.5. The minimum absolute atomic E-state index is 0.0144. The Morgan fingerprint density at radius 3 is 2.29 bits per heavy atom. The van der Waals surface area contributed by atoms with Gasteiger partial charge in [0.05, 0.1) is 12.6 Å². The molecule has 5 heteroatoms. The van der Waals surface area contributed by atoms with Crippen molar-refractivity contribution in [2.24, 2.45) is 17.8 Å². The van der Waals surface area contributed by atoms with Crippen molar-refractivity contribution >= 4 is 11.8 Å². The van der Waals surface area contributed by atoms with Gasteiger partial charge in [0.25, 0.3) is 0 Å². The largest absolute Gasteiger partial charge is 0.394 e. The first-order valence-electron chi connectivity index (χ1n) is 8.15. The Morgan fingerprint density at radius 2 is 1.76 bits per heavy atom.